The van der Waals surface area contributed by atoms with Crippen LogP contribution in [0.5, 0.6) is 0 Å². The van der Waals surface area contributed by atoms with E-state index in [4.69, 9.17) is 0 Å². The molecule has 0 radical (unpaired) electrons. The highest BCUT2D eigenvalue weighted by atomic mass is 16.4. The Morgan fingerprint density at radius 1 is 1.12 bits per heavy atom. The van der Waals surface area contributed by atoms with Crippen molar-refractivity contribution in [1.82, 2.24) is 14.5 Å². The Hall–Kier alpha value is -2.57. The highest BCUT2D eigenvalue weighted by Crippen LogP contribution is 2.28. The van der Waals surface area contributed by atoms with Crippen LogP contribution in [0.2, 0.25) is 0 Å². The Morgan fingerprint density at radius 3 is 2.31 bits per heavy atom. The molecule has 0 spiro atoms. The van der Waals surface area contributed by atoms with Gasteiger partial charge < -0.3 is 10.4 Å². The van der Waals surface area contributed by atoms with E-state index in [1.165, 1.54) is 0 Å². The Morgan fingerprint density at radius 2 is 1.73 bits per heavy atom. The number of hydrogen-bond donors (Lipinski definition) is 2. The third-order valence-electron chi connectivity index (χ3n) is 5.30. The Bertz CT molecular complexity index is 875. The second-order valence-corrected chi connectivity index (χ2v) is 6.91. The van der Waals surface area contributed by atoms with E-state index in [-0.39, 0.29) is 24.6 Å². The molecule has 0 aliphatic heterocycles. The molecule has 1 aliphatic rings. The molecule has 3 rings (SSSR count). The van der Waals surface area contributed by atoms with Crippen molar-refractivity contribution < 1.29 is 14.7 Å². The van der Waals surface area contributed by atoms with E-state index in [2.05, 4.69) is 5.32 Å². The third-order valence-corrected chi connectivity index (χ3v) is 5.30. The van der Waals surface area contributed by atoms with Gasteiger partial charge in [0.1, 0.15) is 5.54 Å². The second-order valence-electron chi connectivity index (χ2n) is 6.91. The summed E-state index contributed by atoms with van der Waals surface area (Å²) in [5, 5.41) is 12.3. The van der Waals surface area contributed by atoms with E-state index in [0.717, 1.165) is 30.3 Å². The number of aromatic nitrogens is 2. The van der Waals surface area contributed by atoms with Crippen molar-refractivity contribution in [1.29, 1.82) is 0 Å². The molecule has 7 heteroatoms. The van der Waals surface area contributed by atoms with Crippen LogP contribution >= 0.6 is 0 Å². The Kier molecular flexibility index (Phi) is 5.15. The number of fused-ring (bicyclic) bond motifs is 1. The van der Waals surface area contributed by atoms with Crippen LogP contribution in [-0.2, 0) is 22.7 Å². The molecule has 0 bridgehead atoms. The fourth-order valence-corrected chi connectivity index (χ4v) is 3.88. The number of aryl methyl sites for hydroxylation is 2. The van der Waals surface area contributed by atoms with E-state index in [0.29, 0.717) is 19.4 Å². The van der Waals surface area contributed by atoms with Crippen LogP contribution in [0.1, 0.15) is 45.4 Å². The van der Waals surface area contributed by atoms with Gasteiger partial charge >= 0.3 is 11.7 Å². The summed E-state index contributed by atoms with van der Waals surface area (Å²) in [6.07, 6.45) is 3.60. The number of aliphatic carboxylic acids is 1. The SMILES string of the molecule is CCn1c(=O)n(CCC(=O)NC2(C(=O)O)CCCCC2)c2ccccc21. The van der Waals surface area contributed by atoms with Gasteiger partial charge in [0.05, 0.1) is 11.0 Å². The van der Waals surface area contributed by atoms with Crippen LogP contribution in [0, 0.1) is 0 Å². The number of amides is 1. The molecule has 1 amide bonds. The summed E-state index contributed by atoms with van der Waals surface area (Å²) in [5.74, 6) is -1.29. The first-order valence-corrected chi connectivity index (χ1v) is 9.21. The lowest BCUT2D eigenvalue weighted by Gasteiger charge is -2.34. The summed E-state index contributed by atoms with van der Waals surface area (Å²) in [6, 6.07) is 7.49. The zero-order valence-corrected chi connectivity index (χ0v) is 15.0. The molecule has 1 fully saturated rings. The average molecular weight is 359 g/mol. The number of imidazole rings is 1. The van der Waals surface area contributed by atoms with Gasteiger partial charge in [-0.15, -0.1) is 0 Å². The van der Waals surface area contributed by atoms with Gasteiger partial charge in [-0.3, -0.25) is 13.9 Å². The van der Waals surface area contributed by atoms with Crippen LogP contribution in [0.4, 0.5) is 0 Å². The van der Waals surface area contributed by atoms with E-state index in [1.807, 2.05) is 31.2 Å². The van der Waals surface area contributed by atoms with Gasteiger partial charge in [-0.25, -0.2) is 9.59 Å². The van der Waals surface area contributed by atoms with Gasteiger partial charge in [0.15, 0.2) is 0 Å². The van der Waals surface area contributed by atoms with E-state index < -0.39 is 11.5 Å². The maximum Gasteiger partial charge on any atom is 0.329 e. The van der Waals surface area contributed by atoms with Crippen molar-refractivity contribution in [2.24, 2.45) is 0 Å². The number of rotatable bonds is 6. The summed E-state index contributed by atoms with van der Waals surface area (Å²) in [4.78, 5) is 36.7. The predicted molar refractivity (Wildman–Crippen MR) is 98.1 cm³/mol. The minimum Gasteiger partial charge on any atom is -0.480 e. The molecule has 140 valence electrons. The molecule has 0 saturated heterocycles. The van der Waals surface area contributed by atoms with Gasteiger partial charge in [-0.05, 0) is 31.9 Å². The van der Waals surface area contributed by atoms with E-state index in [1.54, 1.807) is 9.13 Å². The number of carboxylic acids is 1. The second kappa shape index (κ2) is 7.35. The van der Waals surface area contributed by atoms with Crippen molar-refractivity contribution in [3.63, 3.8) is 0 Å². The van der Waals surface area contributed by atoms with Gasteiger partial charge in [-0.2, -0.15) is 0 Å². The highest BCUT2D eigenvalue weighted by Gasteiger charge is 2.40. The Labute approximate surface area is 151 Å². The molecule has 2 N–H and O–H groups in total. The van der Waals surface area contributed by atoms with Crippen LogP contribution in [0.3, 0.4) is 0 Å². The maximum absolute atomic E-state index is 12.6. The molecule has 1 saturated carbocycles. The molecule has 1 heterocycles. The first kappa shape index (κ1) is 18.2. The minimum atomic E-state index is -1.16. The molecular weight excluding hydrogens is 334 g/mol. The standard InChI is InChI=1S/C19H25N3O4/c1-2-21-14-8-4-5-9-15(14)22(18(21)26)13-10-16(23)20-19(17(24)25)11-6-3-7-12-19/h4-5,8-9H,2-3,6-7,10-13H2,1H3,(H,20,23)(H,24,25). The normalized spacial score (nSPS) is 16.5. The monoisotopic (exact) mass is 359 g/mol. The number of para-hydroxylation sites is 2. The lowest BCUT2D eigenvalue weighted by molar-refractivity contribution is -0.149. The van der Waals surface area contributed by atoms with Crippen LogP contribution in [0.25, 0.3) is 11.0 Å². The Balaban J connectivity index is 1.76. The number of benzene rings is 1. The molecule has 1 aromatic heterocycles. The summed E-state index contributed by atoms with van der Waals surface area (Å²) >= 11 is 0. The molecule has 1 aromatic carbocycles. The zero-order valence-electron chi connectivity index (χ0n) is 15.0. The van der Waals surface area contributed by atoms with Gasteiger partial charge in [-0.1, -0.05) is 31.4 Å². The third kappa shape index (κ3) is 3.25. The highest BCUT2D eigenvalue weighted by molar-refractivity contribution is 5.87. The van der Waals surface area contributed by atoms with Crippen molar-refractivity contribution in [2.45, 2.75) is 64.1 Å². The molecule has 0 unspecified atom stereocenters. The molecule has 7 nitrogen and oxygen atoms in total. The van der Waals surface area contributed by atoms with Crippen molar-refractivity contribution in [2.75, 3.05) is 0 Å². The summed E-state index contributed by atoms with van der Waals surface area (Å²) in [7, 11) is 0. The van der Waals surface area contributed by atoms with Crippen LogP contribution in [0.15, 0.2) is 29.1 Å². The lowest BCUT2D eigenvalue weighted by atomic mass is 9.81. The van der Waals surface area contributed by atoms with E-state index in [9.17, 15) is 19.5 Å². The molecule has 2 aromatic rings. The number of hydrogen-bond acceptors (Lipinski definition) is 3. The molecule has 0 atom stereocenters. The summed E-state index contributed by atoms with van der Waals surface area (Å²) in [6.45, 7) is 2.69. The maximum atomic E-state index is 12.6. The number of carbonyl (C=O) groups is 2. The summed E-state index contributed by atoms with van der Waals surface area (Å²) < 4.78 is 3.26. The van der Waals surface area contributed by atoms with Gasteiger partial charge in [0.25, 0.3) is 0 Å². The predicted octanol–water partition coefficient (Wildman–Crippen LogP) is 2.12. The largest absolute Gasteiger partial charge is 0.480 e. The smallest absolute Gasteiger partial charge is 0.329 e. The van der Waals surface area contributed by atoms with Crippen LogP contribution < -0.4 is 11.0 Å². The molecule has 1 aliphatic carbocycles. The zero-order chi connectivity index (χ0) is 18.7. The van der Waals surface area contributed by atoms with Crippen LogP contribution in [-0.4, -0.2) is 31.7 Å². The first-order valence-electron chi connectivity index (χ1n) is 9.21. The van der Waals surface area contributed by atoms with E-state index >= 15 is 0 Å². The number of nitrogens with one attached hydrogen (secondary N) is 1. The first-order chi connectivity index (χ1) is 12.5. The minimum absolute atomic E-state index is 0.0761. The number of carbonyl (C=O) groups excluding carboxylic acids is 1. The van der Waals surface area contributed by atoms with Gasteiger partial charge in [0.2, 0.25) is 5.91 Å². The summed E-state index contributed by atoms with van der Waals surface area (Å²) in [5.41, 5.74) is 0.331. The number of carboxylic acid groups (broad SMARTS) is 1. The number of nitrogens with zero attached hydrogens (tertiary/aromatic N) is 2. The fraction of sp³-hybridized carbons (Fsp3) is 0.526. The molecule has 26 heavy (non-hydrogen) atoms. The molecular formula is C19H25N3O4. The average Bonchev–Trinajstić information content (AvgIpc) is 2.91. The lowest BCUT2D eigenvalue weighted by Crippen LogP contribution is -2.55. The quantitative estimate of drug-likeness (QED) is 0.826. The van der Waals surface area contributed by atoms with Crippen molar-refractivity contribution >= 4 is 22.9 Å². The van der Waals surface area contributed by atoms with Crippen molar-refractivity contribution in [3.8, 4) is 0 Å². The topological polar surface area (TPSA) is 93.3 Å². The fourth-order valence-electron chi connectivity index (χ4n) is 3.88. The van der Waals surface area contributed by atoms with Crippen molar-refractivity contribution in [3.05, 3.63) is 34.7 Å². The van der Waals surface area contributed by atoms with Gasteiger partial charge in [0, 0.05) is 19.5 Å².